The Bertz CT molecular complexity index is 3130. The molecule has 0 bridgehead atoms. The lowest BCUT2D eigenvalue weighted by Gasteiger charge is -2.51. The van der Waals surface area contributed by atoms with Crippen molar-refractivity contribution < 1.29 is 261 Å². The summed E-state index contributed by atoms with van der Waals surface area (Å²) in [4.78, 5) is 13.2. The molecule has 11 rings (SSSR count). The summed E-state index contributed by atoms with van der Waals surface area (Å²) in [5, 5.41) is 301. The topological polar surface area (TPSA) is 794 Å². The third-order valence-corrected chi connectivity index (χ3v) is 22.8. The van der Waals surface area contributed by atoms with Gasteiger partial charge in [-0.25, -0.2) is 4.79 Å². The number of hydrogen-bond acceptors (Lipinski definition) is 52. The Kier molecular flexibility index (Phi) is 35.2. The molecule has 0 amide bonds. The maximum Gasteiger partial charge on any atom is 0.335 e. The van der Waals surface area contributed by atoms with Crippen LogP contribution >= 0.6 is 0 Å². The molecule has 31 unspecified atom stereocenters. The molecule has 0 saturated carbocycles. The highest BCUT2D eigenvalue weighted by molar-refractivity contribution is 5.73. The molecule has 0 aliphatic carbocycles. The van der Waals surface area contributed by atoms with E-state index in [0.717, 1.165) is 7.11 Å². The van der Waals surface area contributed by atoms with Crippen molar-refractivity contribution in [2.24, 2.45) is 0 Å². The molecule has 27 N–H and O–H groups in total. The Balaban J connectivity index is 0.879. The van der Waals surface area contributed by atoms with Gasteiger partial charge in [-0.3, -0.25) is 0 Å². The number of aliphatic carboxylic acids is 1. The first-order valence-corrected chi connectivity index (χ1v) is 38.8. The lowest BCUT2D eigenvalue weighted by Crippen LogP contribution is -2.69. The van der Waals surface area contributed by atoms with Gasteiger partial charge in [0.2, 0.25) is 0 Å². The van der Waals surface area contributed by atoms with Crippen molar-refractivity contribution in [1.29, 1.82) is 0 Å². The molecule has 704 valence electrons. The number of aliphatic hydroxyl groups is 26. The third-order valence-electron chi connectivity index (χ3n) is 22.8. The van der Waals surface area contributed by atoms with Gasteiger partial charge in [0.1, 0.15) is 238 Å². The molecule has 11 aliphatic heterocycles. The minimum absolute atomic E-state index is 0.373. The number of ether oxygens (including phenoxy) is 25. The van der Waals surface area contributed by atoms with E-state index in [-0.39, 0.29) is 6.61 Å². The molecule has 53 nitrogen and oxygen atoms in total. The first-order valence-electron chi connectivity index (χ1n) is 38.8. The lowest BCUT2D eigenvalue weighted by atomic mass is 9.95. The monoisotopic (exact) mass is 1780 g/mol. The predicted molar refractivity (Wildman–Crippen MR) is 367 cm³/mol. The quantitative estimate of drug-likeness (QED) is 0.0290. The van der Waals surface area contributed by atoms with E-state index in [1.165, 1.54) is 35.2 Å². The van der Waals surface area contributed by atoms with E-state index < -0.39 is 378 Å². The first-order chi connectivity index (χ1) is 57.4. The van der Waals surface area contributed by atoms with Gasteiger partial charge in [0, 0.05) is 28.4 Å². The van der Waals surface area contributed by atoms with Crippen molar-refractivity contribution in [3.8, 4) is 0 Å². The summed E-state index contributed by atoms with van der Waals surface area (Å²) in [5.74, 6) is -1.99. The van der Waals surface area contributed by atoms with Crippen molar-refractivity contribution in [2.45, 2.75) is 339 Å². The van der Waals surface area contributed by atoms with Crippen LogP contribution in [0, 0.1) is 0 Å². The zero-order valence-electron chi connectivity index (χ0n) is 65.4. The third kappa shape index (κ3) is 20.9. The second-order valence-electron chi connectivity index (χ2n) is 30.9. The number of hydrogen-bond donors (Lipinski definition) is 27. The summed E-state index contributed by atoms with van der Waals surface area (Å²) in [6.45, 7) is -3.40. The lowest BCUT2D eigenvalue weighted by molar-refractivity contribution is -0.413. The van der Waals surface area contributed by atoms with E-state index in [1.807, 2.05) is 0 Å². The number of methoxy groups -OCH3 is 4. The second-order valence-corrected chi connectivity index (χ2v) is 30.9. The second kappa shape index (κ2) is 43.0. The number of carboxylic acid groups (broad SMARTS) is 1. The smallest absolute Gasteiger partial charge is 0.335 e. The van der Waals surface area contributed by atoms with Gasteiger partial charge < -0.3 is 256 Å². The average molecular weight is 1780 g/mol. The van der Waals surface area contributed by atoms with Crippen LogP contribution in [0.4, 0.5) is 0 Å². The van der Waals surface area contributed by atoms with Crippen molar-refractivity contribution in [1.82, 2.24) is 0 Å². The van der Waals surface area contributed by atoms with Gasteiger partial charge in [0.15, 0.2) is 75.3 Å². The highest BCUT2D eigenvalue weighted by atomic mass is 16.8. The Morgan fingerprint density at radius 2 is 0.463 bits per heavy atom. The highest BCUT2D eigenvalue weighted by Gasteiger charge is 2.63. The molecule has 121 heavy (non-hydrogen) atoms. The molecule has 0 spiro atoms. The van der Waals surface area contributed by atoms with Crippen LogP contribution in [0.2, 0.25) is 0 Å². The van der Waals surface area contributed by atoms with Crippen LogP contribution in [0.15, 0.2) is 0 Å². The summed E-state index contributed by atoms with van der Waals surface area (Å²) >= 11 is 0. The number of aliphatic hydroxyl groups excluding tert-OH is 26. The van der Waals surface area contributed by atoms with E-state index >= 15 is 0 Å². The van der Waals surface area contributed by atoms with Crippen LogP contribution in [0.1, 0.15) is 13.8 Å². The first kappa shape index (κ1) is 99.0. The molecule has 53 atom stereocenters. The largest absolute Gasteiger partial charge is 0.479 e. The van der Waals surface area contributed by atoms with Gasteiger partial charge in [-0.05, 0) is 13.8 Å². The Morgan fingerprint density at radius 3 is 0.835 bits per heavy atom. The molecule has 0 radical (unpaired) electrons. The van der Waals surface area contributed by atoms with Gasteiger partial charge in [0.05, 0.1) is 65.1 Å². The fourth-order valence-electron chi connectivity index (χ4n) is 16.0. The maximum atomic E-state index is 13.2. The normalized spacial score (nSPS) is 52.6. The van der Waals surface area contributed by atoms with Gasteiger partial charge in [-0.2, -0.15) is 0 Å². The fraction of sp³-hybridized carbons (Fsp3) is 0.985. The van der Waals surface area contributed by atoms with Crippen LogP contribution < -0.4 is 0 Å². The number of rotatable bonds is 33. The van der Waals surface area contributed by atoms with E-state index in [9.17, 15) is 143 Å². The molecular weight excluding hydrogens is 1660 g/mol. The Labute approximate surface area is 686 Å². The highest BCUT2D eigenvalue weighted by Crippen LogP contribution is 2.43. The molecule has 0 aromatic heterocycles. The van der Waals surface area contributed by atoms with Gasteiger partial charge in [-0.15, -0.1) is 0 Å². The molecule has 0 aromatic carbocycles. The zero-order chi connectivity index (χ0) is 88.5. The summed E-state index contributed by atoms with van der Waals surface area (Å²) in [6.07, 6.45) is -106. The molecule has 0 aromatic rings. The van der Waals surface area contributed by atoms with Gasteiger partial charge in [0.25, 0.3) is 0 Å². The molecule has 53 heteroatoms. The predicted octanol–water partition coefficient (Wildman–Crippen LogP) is -18.9. The molecule has 11 fully saturated rings. The zero-order valence-corrected chi connectivity index (χ0v) is 65.4. The summed E-state index contributed by atoms with van der Waals surface area (Å²) in [7, 11) is 4.68. The van der Waals surface area contributed by atoms with Gasteiger partial charge in [-0.1, -0.05) is 0 Å². The Hall–Kier alpha value is -2.57. The fourth-order valence-corrected chi connectivity index (χ4v) is 16.0. The van der Waals surface area contributed by atoms with Crippen molar-refractivity contribution in [3.05, 3.63) is 0 Å². The minimum atomic E-state index is -2.54. The molecule has 11 saturated heterocycles. The number of carbonyl (C=O) groups is 1. The van der Waals surface area contributed by atoms with E-state index in [2.05, 4.69) is 0 Å². The van der Waals surface area contributed by atoms with Crippen LogP contribution in [0.25, 0.3) is 0 Å². The summed E-state index contributed by atoms with van der Waals surface area (Å²) in [6, 6.07) is 0. The van der Waals surface area contributed by atoms with Crippen molar-refractivity contribution in [2.75, 3.05) is 81.3 Å². The van der Waals surface area contributed by atoms with E-state index in [1.54, 1.807) is 0 Å². The van der Waals surface area contributed by atoms with Crippen LogP contribution in [0.5, 0.6) is 0 Å². The molecule has 11 aliphatic rings. The van der Waals surface area contributed by atoms with E-state index in [0.29, 0.717) is 0 Å². The standard InChI is InChI=1S/C68H114O53/c1-15-46(111-62-39(87)31(79)48(19(9-71)106-62)113-60-37(85)28(76)25(73)17(7-69)104-60)43(91)55(120-65-42(90)34(82)53(56(121-65)57(94)95)118-61-38(86)29(77)27(75)21(108-61)11-97-3)68(101-15)117-52-24(14-100-6)110-64(41(89)33(52)81)119-54-44(92)47(112-66-45(93)49(20(10-72)107-66)114-59-36(84)26(74)18(8-70)105-59)16(2)102-67(54)116-51-23(13-99-5)109-63(40(88)32(51)80)115-50-22(12-98-4)103-58(96)35(83)30(50)78/h15-56,58-93,96H,7-14H2,1-6H3,(H,94,95)/t15?,16?,17?,18-,19?,20-,21?,22?,23?,24?,25+,26?,27+,28?,29?,30?,31?,32?,33?,34?,35?,36?,37?,38?,39?,40?,41?,42?,43?,44?,45?,46+,47+,48+,49?,50+,51+,52+,53-,54?,55?,56?,58+,59-,60+,61-,62+,63-,64-,65+,66-,67+,68+/m1/s1. The van der Waals surface area contributed by atoms with Crippen LogP contribution in [-0.4, -0.2) is 551 Å². The molecule has 11 heterocycles. The van der Waals surface area contributed by atoms with Gasteiger partial charge >= 0.3 is 5.97 Å². The van der Waals surface area contributed by atoms with Crippen molar-refractivity contribution in [3.63, 3.8) is 0 Å². The van der Waals surface area contributed by atoms with Crippen LogP contribution in [-0.2, 0) is 123 Å². The van der Waals surface area contributed by atoms with E-state index in [4.69, 9.17) is 118 Å². The average Bonchev–Trinajstić information content (AvgIpc) is 1.58. The van der Waals surface area contributed by atoms with Crippen LogP contribution in [0.3, 0.4) is 0 Å². The number of carboxylic acids is 1. The summed E-state index contributed by atoms with van der Waals surface area (Å²) in [5.41, 5.74) is 0. The Morgan fingerprint density at radius 1 is 0.223 bits per heavy atom. The SMILES string of the molecule is COCC1O[C@H](O[C@H]2C(C(=O)O)O[C@H](OC3C(O)[C@@H](O[C@@H]4OC(CO)[C@H](O[C@@H]5OC(CO)[C@H](O)C(O)C5O)C(O)C4O)C(C)O[C@H]3O[C@H]3C(COC)O[C@H](OC4C(O)[C@@H](O[C@H]5O[C@H](CO)C(O[C@H]6O[C@H](CO)C(O)C6O)C5O)C(C)O[C@H]4O[C@H]4C(COC)O[C@H](O[C@H]5C(COC)O[C@H](O)C(O)C5O)C(O)C4O)C(O)C3O)C(O)C2O)C(O)C(O)[C@H]1O. The molecular formula is C68H114O53. The summed E-state index contributed by atoms with van der Waals surface area (Å²) < 4.78 is 146. The minimum Gasteiger partial charge on any atom is -0.479 e. The van der Waals surface area contributed by atoms with Crippen molar-refractivity contribution >= 4 is 5.97 Å². The maximum absolute atomic E-state index is 13.2.